The lowest BCUT2D eigenvalue weighted by atomic mass is 9.72. The Kier molecular flexibility index (Phi) is 3.70. The Morgan fingerprint density at radius 1 is 1.28 bits per heavy atom. The molecule has 2 rings (SSSR count). The Hall–Kier alpha value is -1.37. The van der Waals surface area contributed by atoms with Crippen molar-refractivity contribution in [3.63, 3.8) is 0 Å². The standard InChI is InChI=1S/C17H22O/c1-13-9-14(12-17(2,3)11-13)10-16(18)15-7-5-4-6-8-15/h4-9,14H,10-12H2,1-3H3. The molecule has 1 atom stereocenters. The number of rotatable bonds is 3. The van der Waals surface area contributed by atoms with Crippen LogP contribution in [0.5, 0.6) is 0 Å². The fourth-order valence-electron chi connectivity index (χ4n) is 3.17. The van der Waals surface area contributed by atoms with Gasteiger partial charge in [0.1, 0.15) is 0 Å². The normalized spacial score (nSPS) is 22.4. The lowest BCUT2D eigenvalue weighted by Gasteiger charge is -2.33. The summed E-state index contributed by atoms with van der Waals surface area (Å²) < 4.78 is 0. The summed E-state index contributed by atoms with van der Waals surface area (Å²) >= 11 is 0. The molecule has 1 unspecified atom stereocenters. The molecule has 1 nitrogen and oxygen atoms in total. The molecule has 1 aliphatic rings. The van der Waals surface area contributed by atoms with Crippen LogP contribution in [-0.2, 0) is 0 Å². The Labute approximate surface area is 110 Å². The summed E-state index contributed by atoms with van der Waals surface area (Å²) in [6.07, 6.45) is 5.21. The number of carbonyl (C=O) groups is 1. The van der Waals surface area contributed by atoms with Gasteiger partial charge in [-0.15, -0.1) is 0 Å². The van der Waals surface area contributed by atoms with E-state index in [-0.39, 0.29) is 5.78 Å². The molecule has 1 aromatic carbocycles. The molecular formula is C17H22O. The fourth-order valence-corrected chi connectivity index (χ4v) is 3.17. The highest BCUT2D eigenvalue weighted by Crippen LogP contribution is 2.39. The molecule has 0 saturated carbocycles. The van der Waals surface area contributed by atoms with Crippen molar-refractivity contribution in [2.24, 2.45) is 11.3 Å². The van der Waals surface area contributed by atoms with Gasteiger partial charge in [-0.05, 0) is 31.1 Å². The van der Waals surface area contributed by atoms with Gasteiger partial charge < -0.3 is 0 Å². The molecule has 0 amide bonds. The average Bonchev–Trinajstić information content (AvgIpc) is 2.27. The first kappa shape index (κ1) is 13.1. The maximum atomic E-state index is 12.2. The van der Waals surface area contributed by atoms with E-state index in [0.29, 0.717) is 17.8 Å². The van der Waals surface area contributed by atoms with Crippen molar-refractivity contribution in [1.29, 1.82) is 0 Å². The number of hydrogen-bond acceptors (Lipinski definition) is 1. The number of hydrogen-bond donors (Lipinski definition) is 0. The van der Waals surface area contributed by atoms with Gasteiger partial charge in [-0.2, -0.15) is 0 Å². The summed E-state index contributed by atoms with van der Waals surface area (Å²) in [6.45, 7) is 6.77. The zero-order chi connectivity index (χ0) is 13.2. The molecule has 0 aromatic heterocycles. The van der Waals surface area contributed by atoms with E-state index in [1.54, 1.807) is 0 Å². The van der Waals surface area contributed by atoms with Gasteiger partial charge in [0.25, 0.3) is 0 Å². The van der Waals surface area contributed by atoms with Gasteiger partial charge in [0, 0.05) is 12.0 Å². The van der Waals surface area contributed by atoms with Crippen molar-refractivity contribution in [2.75, 3.05) is 0 Å². The third-order valence-corrected chi connectivity index (χ3v) is 3.64. The Morgan fingerprint density at radius 3 is 2.56 bits per heavy atom. The van der Waals surface area contributed by atoms with E-state index in [1.807, 2.05) is 30.3 Å². The Bertz CT molecular complexity index is 454. The Balaban J connectivity index is 2.06. The number of allylic oxidation sites excluding steroid dienone is 2. The summed E-state index contributed by atoms with van der Waals surface area (Å²) in [7, 11) is 0. The van der Waals surface area contributed by atoms with Crippen LogP contribution in [0.2, 0.25) is 0 Å². The fraction of sp³-hybridized carbons (Fsp3) is 0.471. The van der Waals surface area contributed by atoms with Crippen LogP contribution < -0.4 is 0 Å². The first-order valence-electron chi connectivity index (χ1n) is 6.72. The second-order valence-electron chi connectivity index (χ2n) is 6.31. The van der Waals surface area contributed by atoms with Gasteiger partial charge in [-0.3, -0.25) is 4.79 Å². The lowest BCUT2D eigenvalue weighted by Crippen LogP contribution is -2.23. The molecule has 0 N–H and O–H groups in total. The minimum absolute atomic E-state index is 0.266. The number of Topliss-reactive ketones (excluding diaryl/α,β-unsaturated/α-hetero) is 1. The van der Waals surface area contributed by atoms with Crippen LogP contribution in [-0.4, -0.2) is 5.78 Å². The minimum atomic E-state index is 0.266. The maximum Gasteiger partial charge on any atom is 0.163 e. The van der Waals surface area contributed by atoms with E-state index in [4.69, 9.17) is 0 Å². The van der Waals surface area contributed by atoms with Crippen molar-refractivity contribution >= 4 is 5.78 Å². The predicted molar refractivity (Wildman–Crippen MR) is 75.7 cm³/mol. The molecule has 1 heteroatoms. The number of carbonyl (C=O) groups excluding carboxylic acids is 1. The van der Waals surface area contributed by atoms with Crippen molar-refractivity contribution < 1.29 is 4.79 Å². The quantitative estimate of drug-likeness (QED) is 0.557. The van der Waals surface area contributed by atoms with Crippen LogP contribution in [0.3, 0.4) is 0 Å². The van der Waals surface area contributed by atoms with E-state index in [9.17, 15) is 4.79 Å². The summed E-state index contributed by atoms with van der Waals surface area (Å²) in [4.78, 5) is 12.2. The predicted octanol–water partition coefficient (Wildman–Crippen LogP) is 4.64. The molecule has 0 aliphatic heterocycles. The van der Waals surface area contributed by atoms with Gasteiger partial charge in [0.05, 0.1) is 0 Å². The van der Waals surface area contributed by atoms with Crippen LogP contribution in [0, 0.1) is 11.3 Å². The summed E-state index contributed by atoms with van der Waals surface area (Å²) in [5, 5.41) is 0. The van der Waals surface area contributed by atoms with E-state index in [2.05, 4.69) is 26.8 Å². The highest BCUT2D eigenvalue weighted by molar-refractivity contribution is 5.96. The second-order valence-corrected chi connectivity index (χ2v) is 6.31. The van der Waals surface area contributed by atoms with Crippen molar-refractivity contribution in [3.05, 3.63) is 47.5 Å². The molecule has 1 aliphatic carbocycles. The molecule has 0 bridgehead atoms. The molecule has 0 spiro atoms. The summed E-state index contributed by atoms with van der Waals surface area (Å²) in [5.74, 6) is 0.670. The maximum absolute atomic E-state index is 12.2. The summed E-state index contributed by atoms with van der Waals surface area (Å²) in [5.41, 5.74) is 2.60. The van der Waals surface area contributed by atoms with Gasteiger partial charge in [-0.1, -0.05) is 55.8 Å². The minimum Gasteiger partial charge on any atom is -0.294 e. The van der Waals surface area contributed by atoms with E-state index in [0.717, 1.165) is 18.4 Å². The SMILES string of the molecule is CC1=CC(CC(=O)c2ccccc2)CC(C)(C)C1. The highest BCUT2D eigenvalue weighted by Gasteiger charge is 2.28. The van der Waals surface area contributed by atoms with Crippen LogP contribution in [0.25, 0.3) is 0 Å². The Morgan fingerprint density at radius 2 is 1.94 bits per heavy atom. The van der Waals surface area contributed by atoms with Crippen molar-refractivity contribution in [1.82, 2.24) is 0 Å². The molecule has 0 radical (unpaired) electrons. The molecule has 1 aromatic rings. The van der Waals surface area contributed by atoms with Crippen LogP contribution in [0.1, 0.15) is 50.4 Å². The zero-order valence-corrected chi connectivity index (χ0v) is 11.6. The van der Waals surface area contributed by atoms with Gasteiger partial charge in [0.2, 0.25) is 0 Å². The van der Waals surface area contributed by atoms with Gasteiger partial charge in [-0.25, -0.2) is 0 Å². The number of ketones is 1. The highest BCUT2D eigenvalue weighted by atomic mass is 16.1. The topological polar surface area (TPSA) is 17.1 Å². The van der Waals surface area contributed by atoms with Crippen LogP contribution in [0.15, 0.2) is 42.0 Å². The molecule has 0 saturated heterocycles. The third kappa shape index (κ3) is 3.32. The van der Waals surface area contributed by atoms with Crippen molar-refractivity contribution in [2.45, 2.75) is 40.0 Å². The van der Waals surface area contributed by atoms with Gasteiger partial charge in [0.15, 0.2) is 5.78 Å². The van der Waals surface area contributed by atoms with E-state index in [1.165, 1.54) is 5.57 Å². The second kappa shape index (κ2) is 5.09. The molecular weight excluding hydrogens is 220 g/mol. The average molecular weight is 242 g/mol. The van der Waals surface area contributed by atoms with Crippen molar-refractivity contribution in [3.8, 4) is 0 Å². The molecule has 0 fully saturated rings. The molecule has 18 heavy (non-hydrogen) atoms. The van der Waals surface area contributed by atoms with Crippen LogP contribution in [0.4, 0.5) is 0 Å². The monoisotopic (exact) mass is 242 g/mol. The molecule has 0 heterocycles. The largest absolute Gasteiger partial charge is 0.294 e. The zero-order valence-electron chi connectivity index (χ0n) is 11.6. The number of benzene rings is 1. The smallest absolute Gasteiger partial charge is 0.163 e. The summed E-state index contributed by atoms with van der Waals surface area (Å²) in [6, 6.07) is 9.63. The van der Waals surface area contributed by atoms with Crippen LogP contribution >= 0.6 is 0 Å². The first-order valence-corrected chi connectivity index (χ1v) is 6.72. The first-order chi connectivity index (χ1) is 8.46. The van der Waals surface area contributed by atoms with E-state index >= 15 is 0 Å². The van der Waals surface area contributed by atoms with Gasteiger partial charge >= 0.3 is 0 Å². The van der Waals surface area contributed by atoms with E-state index < -0.39 is 0 Å². The lowest BCUT2D eigenvalue weighted by molar-refractivity contribution is 0.0956. The molecule has 96 valence electrons. The third-order valence-electron chi connectivity index (χ3n) is 3.64.